The number of pyridine rings is 1. The van der Waals surface area contributed by atoms with Gasteiger partial charge in [0, 0.05) is 10.7 Å². The lowest BCUT2D eigenvalue weighted by atomic mass is 9.99. The van der Waals surface area contributed by atoms with Crippen molar-refractivity contribution in [1.82, 2.24) is 10.3 Å². The van der Waals surface area contributed by atoms with Gasteiger partial charge in [-0.2, -0.15) is 0 Å². The van der Waals surface area contributed by atoms with E-state index in [0.717, 1.165) is 10.2 Å². The largest absolute Gasteiger partial charge is 0.308 e. The van der Waals surface area contributed by atoms with Crippen molar-refractivity contribution in [3.63, 3.8) is 0 Å². The summed E-state index contributed by atoms with van der Waals surface area (Å²) in [6.45, 7) is 4.27. The van der Waals surface area contributed by atoms with Gasteiger partial charge in [-0.25, -0.2) is 0 Å². The van der Waals surface area contributed by atoms with E-state index in [9.17, 15) is 0 Å². The van der Waals surface area contributed by atoms with E-state index in [1.807, 2.05) is 25.4 Å². The number of benzene rings is 1. The third kappa shape index (κ3) is 2.62. The number of nitrogens with one attached hydrogen (secondary N) is 1. The number of nitrogens with zero attached hydrogens (tertiary/aromatic N) is 1. The highest BCUT2D eigenvalue weighted by Crippen LogP contribution is 2.27. The molecule has 2 aromatic rings. The summed E-state index contributed by atoms with van der Waals surface area (Å²) in [5, 5.41) is 3.33. The van der Waals surface area contributed by atoms with Crippen molar-refractivity contribution in [1.29, 1.82) is 0 Å². The molecule has 0 aliphatic rings. The predicted octanol–water partition coefficient (Wildman–Crippen LogP) is 3.77. The van der Waals surface area contributed by atoms with Crippen LogP contribution in [0.4, 0.5) is 0 Å². The molecule has 0 saturated heterocycles. The van der Waals surface area contributed by atoms with Crippen LogP contribution in [0.25, 0.3) is 0 Å². The molecule has 0 fully saturated rings. The standard InChI is InChI=1S/C15H17BrN2/c1-10-6-7-12(9-11(10)2)14(17-3)15-13(16)5-4-8-18-15/h4-9,14,17H,1-3H3. The number of rotatable bonds is 3. The van der Waals surface area contributed by atoms with Crippen molar-refractivity contribution in [2.75, 3.05) is 7.05 Å². The zero-order valence-electron chi connectivity index (χ0n) is 10.9. The fraction of sp³-hybridized carbons (Fsp3) is 0.267. The van der Waals surface area contributed by atoms with Gasteiger partial charge >= 0.3 is 0 Å². The third-order valence-electron chi connectivity index (χ3n) is 3.21. The van der Waals surface area contributed by atoms with Crippen LogP contribution in [0.1, 0.15) is 28.4 Å². The van der Waals surface area contributed by atoms with Crippen LogP contribution in [0.3, 0.4) is 0 Å². The van der Waals surface area contributed by atoms with Crippen LogP contribution in [0.2, 0.25) is 0 Å². The van der Waals surface area contributed by atoms with E-state index in [1.54, 1.807) is 0 Å². The van der Waals surface area contributed by atoms with Gasteiger partial charge in [-0.1, -0.05) is 18.2 Å². The van der Waals surface area contributed by atoms with E-state index < -0.39 is 0 Å². The molecule has 2 nitrogen and oxygen atoms in total. The highest BCUT2D eigenvalue weighted by Gasteiger charge is 2.16. The van der Waals surface area contributed by atoms with E-state index in [1.165, 1.54) is 16.7 Å². The fourth-order valence-electron chi connectivity index (χ4n) is 2.02. The lowest BCUT2D eigenvalue weighted by molar-refractivity contribution is 0.667. The SMILES string of the molecule is CNC(c1ccc(C)c(C)c1)c1ncccc1Br. The molecule has 3 heteroatoms. The maximum Gasteiger partial charge on any atom is 0.0760 e. The van der Waals surface area contributed by atoms with Crippen LogP contribution < -0.4 is 5.32 Å². The Hall–Kier alpha value is -1.19. The molecule has 1 N–H and O–H groups in total. The molecular weight excluding hydrogens is 288 g/mol. The normalized spacial score (nSPS) is 12.4. The number of hydrogen-bond acceptors (Lipinski definition) is 2. The Morgan fingerprint density at radius 1 is 1.17 bits per heavy atom. The molecule has 1 aromatic heterocycles. The van der Waals surface area contributed by atoms with E-state index >= 15 is 0 Å². The molecule has 0 spiro atoms. The molecule has 0 aliphatic heterocycles. The molecule has 94 valence electrons. The van der Waals surface area contributed by atoms with Gasteiger partial charge < -0.3 is 5.32 Å². The van der Waals surface area contributed by atoms with Crippen molar-refractivity contribution in [3.05, 3.63) is 63.4 Å². The Kier molecular flexibility index (Phi) is 4.15. The molecule has 0 aliphatic carbocycles. The van der Waals surface area contributed by atoms with Gasteiger partial charge in [0.2, 0.25) is 0 Å². The minimum absolute atomic E-state index is 0.111. The number of aryl methyl sites for hydroxylation is 2. The van der Waals surface area contributed by atoms with Gasteiger partial charge in [-0.3, -0.25) is 4.98 Å². The number of halogens is 1. The first kappa shape index (κ1) is 13.2. The molecule has 2 rings (SSSR count). The van der Waals surface area contributed by atoms with Crippen molar-refractivity contribution < 1.29 is 0 Å². The molecular formula is C15H17BrN2. The first-order valence-corrected chi connectivity index (χ1v) is 6.77. The van der Waals surface area contributed by atoms with Gasteiger partial charge in [0.25, 0.3) is 0 Å². The summed E-state index contributed by atoms with van der Waals surface area (Å²) in [6.07, 6.45) is 1.82. The second kappa shape index (κ2) is 5.63. The predicted molar refractivity (Wildman–Crippen MR) is 78.8 cm³/mol. The van der Waals surface area contributed by atoms with Gasteiger partial charge in [0.05, 0.1) is 11.7 Å². The van der Waals surface area contributed by atoms with Crippen molar-refractivity contribution in [3.8, 4) is 0 Å². The highest BCUT2D eigenvalue weighted by atomic mass is 79.9. The molecule has 1 aromatic carbocycles. The summed E-state index contributed by atoms with van der Waals surface area (Å²) in [7, 11) is 1.96. The van der Waals surface area contributed by atoms with Gasteiger partial charge in [0.15, 0.2) is 0 Å². The molecule has 1 unspecified atom stereocenters. The zero-order chi connectivity index (χ0) is 13.1. The number of hydrogen-bond donors (Lipinski definition) is 1. The summed E-state index contributed by atoms with van der Waals surface area (Å²) >= 11 is 3.57. The molecule has 0 saturated carbocycles. The topological polar surface area (TPSA) is 24.9 Å². The Bertz CT molecular complexity index is 552. The Labute approximate surface area is 117 Å². The first-order chi connectivity index (χ1) is 8.63. The number of aromatic nitrogens is 1. The Morgan fingerprint density at radius 3 is 2.56 bits per heavy atom. The zero-order valence-corrected chi connectivity index (χ0v) is 12.5. The Morgan fingerprint density at radius 2 is 1.94 bits per heavy atom. The second-order valence-electron chi connectivity index (χ2n) is 4.44. The lowest BCUT2D eigenvalue weighted by Gasteiger charge is -2.18. The van der Waals surface area contributed by atoms with Crippen molar-refractivity contribution in [2.45, 2.75) is 19.9 Å². The van der Waals surface area contributed by atoms with E-state index in [-0.39, 0.29) is 6.04 Å². The van der Waals surface area contributed by atoms with Crippen molar-refractivity contribution >= 4 is 15.9 Å². The molecule has 0 radical (unpaired) electrons. The molecule has 0 amide bonds. The minimum Gasteiger partial charge on any atom is -0.308 e. The smallest absolute Gasteiger partial charge is 0.0760 e. The summed E-state index contributed by atoms with van der Waals surface area (Å²) in [6, 6.07) is 10.6. The minimum atomic E-state index is 0.111. The third-order valence-corrected chi connectivity index (χ3v) is 3.88. The van der Waals surface area contributed by atoms with Gasteiger partial charge in [-0.15, -0.1) is 0 Å². The fourth-order valence-corrected chi connectivity index (χ4v) is 2.50. The van der Waals surface area contributed by atoms with Gasteiger partial charge in [0.1, 0.15) is 0 Å². The first-order valence-electron chi connectivity index (χ1n) is 5.98. The maximum absolute atomic E-state index is 4.47. The summed E-state index contributed by atoms with van der Waals surface area (Å²) in [4.78, 5) is 4.47. The monoisotopic (exact) mass is 304 g/mol. The summed E-state index contributed by atoms with van der Waals surface area (Å²) in [5.74, 6) is 0. The van der Waals surface area contributed by atoms with Crippen molar-refractivity contribution in [2.24, 2.45) is 0 Å². The summed E-state index contributed by atoms with van der Waals surface area (Å²) < 4.78 is 1.03. The molecule has 1 heterocycles. The summed E-state index contributed by atoms with van der Waals surface area (Å²) in [5.41, 5.74) is 4.87. The van der Waals surface area contributed by atoms with Crippen LogP contribution in [0, 0.1) is 13.8 Å². The van der Waals surface area contributed by atoms with Crippen LogP contribution in [-0.4, -0.2) is 12.0 Å². The molecule has 1 atom stereocenters. The van der Waals surface area contributed by atoms with E-state index in [4.69, 9.17) is 0 Å². The quantitative estimate of drug-likeness (QED) is 0.933. The van der Waals surface area contributed by atoms with E-state index in [2.05, 4.69) is 58.3 Å². The molecule has 0 bridgehead atoms. The highest BCUT2D eigenvalue weighted by molar-refractivity contribution is 9.10. The maximum atomic E-state index is 4.47. The van der Waals surface area contributed by atoms with E-state index in [0.29, 0.717) is 0 Å². The molecule has 18 heavy (non-hydrogen) atoms. The van der Waals surface area contributed by atoms with Gasteiger partial charge in [-0.05, 0) is 65.6 Å². The van der Waals surface area contributed by atoms with Crippen LogP contribution >= 0.6 is 15.9 Å². The Balaban J connectivity index is 2.45. The van der Waals surface area contributed by atoms with Crippen LogP contribution in [0.5, 0.6) is 0 Å². The average Bonchev–Trinajstić information content (AvgIpc) is 2.37. The lowest BCUT2D eigenvalue weighted by Crippen LogP contribution is -2.19. The van der Waals surface area contributed by atoms with Crippen LogP contribution in [0.15, 0.2) is 41.0 Å². The second-order valence-corrected chi connectivity index (χ2v) is 5.29. The van der Waals surface area contributed by atoms with Crippen LogP contribution in [-0.2, 0) is 0 Å². The average molecular weight is 305 g/mol.